The van der Waals surface area contributed by atoms with Gasteiger partial charge in [-0.15, -0.1) is 5.30 Å². The Hall–Kier alpha value is -1.25. The van der Waals surface area contributed by atoms with Gasteiger partial charge in [-0.1, -0.05) is 60.7 Å². The summed E-state index contributed by atoms with van der Waals surface area (Å²) in [6, 6.07) is 40.2. The molecule has 0 aliphatic rings. The van der Waals surface area contributed by atoms with Crippen molar-refractivity contribution >= 4 is 23.8 Å². The van der Waals surface area contributed by atoms with Crippen LogP contribution in [0.2, 0.25) is 0 Å². The summed E-state index contributed by atoms with van der Waals surface area (Å²) in [6.45, 7) is 0. The van der Waals surface area contributed by atoms with Gasteiger partial charge in [0.1, 0.15) is 0 Å². The van der Waals surface area contributed by atoms with E-state index in [1.54, 1.807) is 0 Å². The molecule has 130 valence electrons. The van der Waals surface area contributed by atoms with E-state index in [0.29, 0.717) is 0 Å². The Morgan fingerprint density at radius 3 is 1.44 bits per heavy atom. The Labute approximate surface area is 175 Å². The standard InChI is InChI=1S/C17H14P.C5H5.Fe.Pd/c1-3-9-15(10-4-1)18(17-13-7-8-14-17)16-11-5-2-6-12-16;1-2-4-5-3-1;;/h1-14H;1-5H;;/q2*-1;+2;. The second kappa shape index (κ2) is 12.2. The summed E-state index contributed by atoms with van der Waals surface area (Å²) in [4.78, 5) is 0. The molecule has 0 aliphatic heterocycles. The molecule has 0 spiro atoms. The van der Waals surface area contributed by atoms with Gasteiger partial charge in [0.05, 0.1) is 0 Å². The van der Waals surface area contributed by atoms with Crippen molar-refractivity contribution < 1.29 is 37.5 Å². The van der Waals surface area contributed by atoms with E-state index >= 15 is 0 Å². The quantitative estimate of drug-likeness (QED) is 0.231. The van der Waals surface area contributed by atoms with E-state index in [1.807, 2.05) is 30.3 Å². The molecule has 0 amide bonds. The van der Waals surface area contributed by atoms with Gasteiger partial charge in [-0.25, -0.2) is 24.3 Å². The first-order chi connectivity index (χ1) is 11.4. The van der Waals surface area contributed by atoms with Crippen LogP contribution in [-0.4, -0.2) is 0 Å². The van der Waals surface area contributed by atoms with Gasteiger partial charge < -0.3 is 0 Å². The van der Waals surface area contributed by atoms with Gasteiger partial charge in [0.2, 0.25) is 0 Å². The van der Waals surface area contributed by atoms with Gasteiger partial charge in [0.15, 0.2) is 0 Å². The number of hydrogen-bond acceptors (Lipinski definition) is 0. The van der Waals surface area contributed by atoms with Gasteiger partial charge >= 0.3 is 17.1 Å². The Morgan fingerprint density at radius 2 is 1.08 bits per heavy atom. The summed E-state index contributed by atoms with van der Waals surface area (Å²) < 4.78 is 0. The molecule has 0 saturated carbocycles. The van der Waals surface area contributed by atoms with Crippen LogP contribution in [0.1, 0.15) is 0 Å². The summed E-state index contributed by atoms with van der Waals surface area (Å²) in [7, 11) is -0.409. The monoisotopic (exact) mass is 476 g/mol. The molecule has 4 aromatic rings. The predicted molar refractivity (Wildman–Crippen MR) is 103 cm³/mol. The van der Waals surface area contributed by atoms with Gasteiger partial charge in [-0.2, -0.15) is 30.3 Å². The maximum Gasteiger partial charge on any atom is 2.00 e. The third-order valence-electron chi connectivity index (χ3n) is 3.49. The van der Waals surface area contributed by atoms with Crippen LogP contribution in [0.3, 0.4) is 0 Å². The predicted octanol–water partition coefficient (Wildman–Crippen LogP) is 4.56. The smallest absolute Gasteiger partial charge is 0.214 e. The van der Waals surface area contributed by atoms with E-state index in [2.05, 4.69) is 84.9 Å². The number of rotatable bonds is 3. The summed E-state index contributed by atoms with van der Waals surface area (Å²) in [5.74, 6) is 0. The second-order valence-corrected chi connectivity index (χ2v) is 7.33. The largest absolute Gasteiger partial charge is 2.00 e. The van der Waals surface area contributed by atoms with E-state index in [-0.39, 0.29) is 37.5 Å². The van der Waals surface area contributed by atoms with Crippen LogP contribution in [0.5, 0.6) is 0 Å². The molecular weight excluding hydrogens is 457 g/mol. The van der Waals surface area contributed by atoms with E-state index in [4.69, 9.17) is 0 Å². The van der Waals surface area contributed by atoms with Gasteiger partial charge in [-0.05, 0) is 18.5 Å². The summed E-state index contributed by atoms with van der Waals surface area (Å²) in [5, 5.41) is 4.23. The topological polar surface area (TPSA) is 0 Å². The van der Waals surface area contributed by atoms with Gasteiger partial charge in [0, 0.05) is 20.4 Å². The van der Waals surface area contributed by atoms with Crippen molar-refractivity contribution in [1.82, 2.24) is 0 Å². The van der Waals surface area contributed by atoms with Crippen molar-refractivity contribution in [1.29, 1.82) is 0 Å². The van der Waals surface area contributed by atoms with Crippen LogP contribution >= 0.6 is 7.92 Å². The van der Waals surface area contributed by atoms with Gasteiger partial charge in [0.25, 0.3) is 0 Å². The number of benzene rings is 2. The maximum atomic E-state index is 2.23. The van der Waals surface area contributed by atoms with E-state index < -0.39 is 7.92 Å². The molecule has 0 bridgehead atoms. The summed E-state index contributed by atoms with van der Waals surface area (Å²) >= 11 is 0. The average Bonchev–Trinajstić information content (AvgIpc) is 3.34. The Balaban J connectivity index is 0.000000388. The molecule has 0 N–H and O–H groups in total. The zero-order chi connectivity index (χ0) is 15.7. The molecule has 0 heterocycles. The molecule has 0 saturated heterocycles. The molecule has 0 aliphatic carbocycles. The Kier molecular flexibility index (Phi) is 10.6. The number of hydrogen-bond donors (Lipinski definition) is 0. The molecule has 0 fully saturated rings. The van der Waals surface area contributed by atoms with Crippen LogP contribution < -0.4 is 15.9 Å². The molecule has 0 aromatic heterocycles. The van der Waals surface area contributed by atoms with Crippen molar-refractivity contribution in [3.8, 4) is 0 Å². The Morgan fingerprint density at radius 1 is 0.560 bits per heavy atom. The van der Waals surface area contributed by atoms with E-state index in [0.717, 1.165) is 0 Å². The maximum absolute atomic E-state index is 2.23. The first-order valence-corrected chi connectivity index (χ1v) is 9.08. The molecule has 0 radical (unpaired) electrons. The van der Waals surface area contributed by atoms with E-state index in [9.17, 15) is 0 Å². The summed E-state index contributed by atoms with van der Waals surface area (Å²) in [6.07, 6.45) is 0. The summed E-state index contributed by atoms with van der Waals surface area (Å²) in [5.41, 5.74) is 0. The molecule has 25 heavy (non-hydrogen) atoms. The Bertz CT molecular complexity index is 709. The molecule has 4 rings (SSSR count). The van der Waals surface area contributed by atoms with Crippen molar-refractivity contribution in [3.05, 3.63) is 115 Å². The van der Waals surface area contributed by atoms with Crippen LogP contribution in [0.15, 0.2) is 115 Å². The third kappa shape index (κ3) is 6.52. The van der Waals surface area contributed by atoms with Crippen LogP contribution in [0, 0.1) is 0 Å². The fraction of sp³-hybridized carbons (Fsp3) is 0. The van der Waals surface area contributed by atoms with Crippen molar-refractivity contribution in [2.24, 2.45) is 0 Å². The minimum Gasteiger partial charge on any atom is -0.214 e. The average molecular weight is 477 g/mol. The zero-order valence-electron chi connectivity index (χ0n) is 13.6. The molecular formula is C22H19FePPd. The van der Waals surface area contributed by atoms with Crippen molar-refractivity contribution in [2.75, 3.05) is 0 Å². The van der Waals surface area contributed by atoms with Crippen molar-refractivity contribution in [2.45, 2.75) is 0 Å². The first kappa shape index (κ1) is 21.8. The SMILES string of the molecule is [Fe+2].[Pd].c1cc[cH-]c1.c1ccc(P(c2ccccc2)c2ccc[cH-]2)cc1. The fourth-order valence-corrected chi connectivity index (χ4v) is 4.74. The third-order valence-corrected chi connectivity index (χ3v) is 5.93. The van der Waals surface area contributed by atoms with Gasteiger partial charge in [-0.3, -0.25) is 0 Å². The van der Waals surface area contributed by atoms with Crippen LogP contribution in [0.25, 0.3) is 0 Å². The molecule has 3 heteroatoms. The van der Waals surface area contributed by atoms with Crippen LogP contribution in [0.4, 0.5) is 0 Å². The first-order valence-electron chi connectivity index (χ1n) is 7.74. The molecule has 0 unspecified atom stereocenters. The molecule has 0 nitrogen and oxygen atoms in total. The zero-order valence-corrected chi connectivity index (χ0v) is 17.1. The molecule has 0 atom stereocenters. The minimum absolute atomic E-state index is 0. The fourth-order valence-electron chi connectivity index (χ4n) is 2.44. The second-order valence-electron chi connectivity index (χ2n) is 5.11. The van der Waals surface area contributed by atoms with Crippen molar-refractivity contribution in [3.63, 3.8) is 0 Å². The normalized spacial score (nSPS) is 9.32. The van der Waals surface area contributed by atoms with E-state index in [1.165, 1.54) is 15.9 Å². The van der Waals surface area contributed by atoms with Crippen LogP contribution in [-0.2, 0) is 37.5 Å². The molecule has 4 aromatic carbocycles. The minimum atomic E-state index is -0.409.